The van der Waals surface area contributed by atoms with Crippen LogP contribution in [0.2, 0.25) is 0 Å². The molecule has 10 nitrogen and oxygen atoms in total. The molecule has 3 radical (unpaired) electrons. The largest absolute Gasteiger partial charge is 1.00 e. The molecule has 16 heteroatoms. The molecule has 2 saturated carbocycles. The number of carbonyl (C=O) groups is 1. The van der Waals surface area contributed by atoms with Gasteiger partial charge < -0.3 is 25.2 Å². The molecule has 0 aromatic carbocycles. The molecule has 2 aromatic rings. The second-order valence-corrected chi connectivity index (χ2v) is 13.6. The topological polar surface area (TPSA) is 110 Å². The van der Waals surface area contributed by atoms with Gasteiger partial charge in [0.05, 0.1) is 34.6 Å². The van der Waals surface area contributed by atoms with Gasteiger partial charge in [0.25, 0.3) is 0 Å². The SMILES string of the molecule is CC1(C)OB(c2cnn(C3CCCC3=O)c2)OC1(C)C.CC1(C)OB(c2cnn(C3CCCC3O)c2)OC1(C)C.[B].[H-].[Na+].[W].[W]. The first-order valence-corrected chi connectivity index (χ1v) is 14.6. The Morgan fingerprint density at radius 2 is 1.20 bits per heavy atom. The third kappa shape index (κ3) is 8.54. The van der Waals surface area contributed by atoms with Crippen LogP contribution in [-0.2, 0) is 65.5 Å². The van der Waals surface area contributed by atoms with Gasteiger partial charge in [-0.05, 0) is 87.5 Å². The Hall–Kier alpha value is 0.461. The van der Waals surface area contributed by atoms with E-state index < -0.39 is 7.12 Å². The van der Waals surface area contributed by atoms with E-state index in [-0.39, 0.29) is 135 Å². The van der Waals surface area contributed by atoms with E-state index in [1.54, 1.807) is 17.1 Å². The summed E-state index contributed by atoms with van der Waals surface area (Å²) in [4.78, 5) is 11.8. The van der Waals surface area contributed by atoms with Gasteiger partial charge >= 0.3 is 43.8 Å². The van der Waals surface area contributed by atoms with Crippen molar-refractivity contribution in [2.75, 3.05) is 0 Å². The Morgan fingerprint density at radius 3 is 1.59 bits per heavy atom. The van der Waals surface area contributed by atoms with Gasteiger partial charge in [0, 0.05) is 92.7 Å². The molecule has 0 spiro atoms. The number of hydrogen-bond donors (Lipinski definition) is 1. The third-order valence-electron chi connectivity index (χ3n) is 9.67. The number of aliphatic hydroxyl groups excluding tert-OH is 1. The minimum absolute atomic E-state index is 0. The predicted octanol–water partition coefficient (Wildman–Crippen LogP) is -0.525. The molecule has 2 saturated heterocycles. The fourth-order valence-electron chi connectivity index (χ4n) is 5.57. The van der Waals surface area contributed by atoms with Crippen molar-refractivity contribution in [2.24, 2.45) is 0 Å². The van der Waals surface area contributed by atoms with Gasteiger partial charge in [0.15, 0.2) is 5.78 Å². The Kier molecular flexibility index (Phi) is 15.2. The first-order valence-electron chi connectivity index (χ1n) is 14.6. The van der Waals surface area contributed by atoms with Gasteiger partial charge in [-0.1, -0.05) is 0 Å². The minimum atomic E-state index is -0.412. The molecule has 2 aliphatic heterocycles. The maximum Gasteiger partial charge on any atom is 1.00 e. The van der Waals surface area contributed by atoms with Crippen LogP contribution in [0.5, 0.6) is 0 Å². The summed E-state index contributed by atoms with van der Waals surface area (Å²) in [5, 5.41) is 18.7. The van der Waals surface area contributed by atoms with Crippen LogP contribution in [0.25, 0.3) is 0 Å². The van der Waals surface area contributed by atoms with Gasteiger partial charge in [-0.2, -0.15) is 10.2 Å². The predicted molar refractivity (Wildman–Crippen MR) is 160 cm³/mol. The summed E-state index contributed by atoms with van der Waals surface area (Å²) < 4.78 is 27.6. The number of Topliss-reactive ketones (excluding diaryl/α,β-unsaturated/α-hetero) is 1. The van der Waals surface area contributed by atoms with E-state index in [0.29, 0.717) is 6.42 Å². The van der Waals surface area contributed by atoms with Gasteiger partial charge in [-0.25, -0.2) is 0 Å². The molecule has 235 valence electrons. The second-order valence-electron chi connectivity index (χ2n) is 13.6. The van der Waals surface area contributed by atoms with Crippen molar-refractivity contribution in [2.45, 2.75) is 135 Å². The zero-order chi connectivity index (χ0) is 29.1. The van der Waals surface area contributed by atoms with Crippen molar-refractivity contribution in [3.8, 4) is 0 Å². The Labute approximate surface area is 317 Å². The molecule has 4 fully saturated rings. The molecule has 0 amide bonds. The average molecular weight is 957 g/mol. The summed E-state index contributed by atoms with van der Waals surface area (Å²) in [5.41, 5.74) is 0.400. The van der Waals surface area contributed by atoms with Crippen molar-refractivity contribution in [1.29, 1.82) is 0 Å². The molecule has 1 N–H and O–H groups in total. The zero-order valence-corrected chi connectivity index (χ0v) is 35.5. The Bertz CT molecular complexity index is 1220. The smallest absolute Gasteiger partial charge is 1.00 e. The molecule has 44 heavy (non-hydrogen) atoms. The van der Waals surface area contributed by atoms with Gasteiger partial charge in [-0.15, -0.1) is 0 Å². The molecule has 4 aliphatic rings. The summed E-state index contributed by atoms with van der Waals surface area (Å²) in [6.07, 6.45) is 12.5. The van der Waals surface area contributed by atoms with Crippen LogP contribution >= 0.6 is 0 Å². The van der Waals surface area contributed by atoms with E-state index in [9.17, 15) is 9.90 Å². The van der Waals surface area contributed by atoms with E-state index in [0.717, 1.165) is 43.0 Å². The van der Waals surface area contributed by atoms with Crippen molar-refractivity contribution in [1.82, 2.24) is 19.6 Å². The van der Waals surface area contributed by atoms with Gasteiger partial charge in [0.2, 0.25) is 0 Å². The standard InChI is InChI=1S/C14H23BN2O3.C14H21BN2O3.B.Na.2W.H/c2*1-13(2)14(3,4)20-15(19-13)10-8-16-17(9-10)11-6-5-7-12(11)18;;;;;/h8-9,11-12,18H,5-7H2,1-4H3;8-9,11H,5-7H2,1-4H3;;;;;/q;;;+1;;;-1. The third-order valence-corrected chi connectivity index (χ3v) is 9.67. The fourth-order valence-corrected chi connectivity index (χ4v) is 5.57. The fraction of sp³-hybridized carbons (Fsp3) is 0.750. The number of carbonyl (C=O) groups excluding carboxylic acids is 1. The van der Waals surface area contributed by atoms with Crippen molar-refractivity contribution >= 4 is 39.4 Å². The maximum absolute atomic E-state index is 11.8. The van der Waals surface area contributed by atoms with E-state index in [1.807, 2.05) is 72.5 Å². The van der Waals surface area contributed by atoms with E-state index in [4.69, 9.17) is 18.6 Å². The van der Waals surface area contributed by atoms with Crippen LogP contribution < -0.4 is 40.5 Å². The molecule has 2 aromatic heterocycles. The second kappa shape index (κ2) is 15.8. The van der Waals surface area contributed by atoms with Crippen LogP contribution in [-0.4, -0.2) is 81.6 Å². The number of aliphatic hydroxyl groups is 1. The van der Waals surface area contributed by atoms with Crippen LogP contribution in [0.3, 0.4) is 0 Å². The number of aromatic nitrogens is 4. The maximum atomic E-state index is 11.8. The van der Waals surface area contributed by atoms with Crippen molar-refractivity contribution in [3.63, 3.8) is 0 Å². The number of nitrogens with zero attached hydrogens (tertiary/aromatic N) is 4. The van der Waals surface area contributed by atoms with Crippen LogP contribution in [0.1, 0.15) is 107 Å². The summed E-state index contributed by atoms with van der Waals surface area (Å²) >= 11 is 0. The molecule has 3 atom stereocenters. The number of rotatable bonds is 4. The average Bonchev–Trinajstić information content (AvgIpc) is 3.66. The number of hydrogen-bond acceptors (Lipinski definition) is 8. The first-order chi connectivity index (χ1) is 18.6. The first kappa shape index (κ1) is 42.5. The summed E-state index contributed by atoms with van der Waals surface area (Å²) in [7, 11) is -0.794. The molecule has 2 aliphatic carbocycles. The molecular formula is C28H45B3N4NaO6W2. The molecule has 4 heterocycles. The Balaban J connectivity index is 0.000000774. The number of ketones is 1. The van der Waals surface area contributed by atoms with Crippen molar-refractivity contribution in [3.05, 3.63) is 24.8 Å². The van der Waals surface area contributed by atoms with E-state index in [2.05, 4.69) is 10.2 Å². The van der Waals surface area contributed by atoms with E-state index >= 15 is 0 Å². The summed E-state index contributed by atoms with van der Waals surface area (Å²) in [5.74, 6) is 0.272. The molecule has 0 bridgehead atoms. The van der Waals surface area contributed by atoms with Crippen LogP contribution in [0.15, 0.2) is 24.8 Å². The normalized spacial score (nSPS) is 27.4. The molecule has 6 rings (SSSR count). The van der Waals surface area contributed by atoms with Crippen molar-refractivity contribution < 1.29 is 102 Å². The minimum Gasteiger partial charge on any atom is -1.00 e. The quantitative estimate of drug-likeness (QED) is 0.409. The van der Waals surface area contributed by atoms with E-state index in [1.165, 1.54) is 0 Å². The van der Waals surface area contributed by atoms with Crippen LogP contribution in [0.4, 0.5) is 0 Å². The van der Waals surface area contributed by atoms with Gasteiger partial charge in [-0.3, -0.25) is 14.2 Å². The monoisotopic (exact) mass is 957 g/mol. The van der Waals surface area contributed by atoms with Gasteiger partial charge in [0.1, 0.15) is 6.04 Å². The summed E-state index contributed by atoms with van der Waals surface area (Å²) in [6.45, 7) is 16.3. The zero-order valence-electron chi connectivity index (χ0n) is 28.6. The molecule has 3 unspecified atom stereocenters. The Morgan fingerprint density at radius 1 is 0.773 bits per heavy atom. The summed E-state index contributed by atoms with van der Waals surface area (Å²) in [6, 6.07) is -0.0163. The molecular weight excluding hydrogens is 911 g/mol. The van der Waals surface area contributed by atoms with Crippen LogP contribution in [0, 0.1) is 0 Å².